The molecule has 35 heavy (non-hydrogen) atoms. The van der Waals surface area contributed by atoms with Crippen LogP contribution in [0, 0.1) is 5.41 Å². The fourth-order valence-corrected chi connectivity index (χ4v) is 4.75. The summed E-state index contributed by atoms with van der Waals surface area (Å²) in [6.07, 6.45) is -1.23. The second kappa shape index (κ2) is 9.47. The summed E-state index contributed by atoms with van der Waals surface area (Å²) in [6.45, 7) is 2.17. The highest BCUT2D eigenvalue weighted by molar-refractivity contribution is 6.08. The molecule has 4 N–H and O–H groups in total. The Morgan fingerprint density at radius 3 is 2.71 bits per heavy atom. The fraction of sp³-hybridized carbons (Fsp3) is 0.360. The molecule has 0 bridgehead atoms. The van der Waals surface area contributed by atoms with Crippen molar-refractivity contribution < 1.29 is 24.2 Å². The summed E-state index contributed by atoms with van der Waals surface area (Å²) in [5.41, 5.74) is 2.93. The van der Waals surface area contributed by atoms with Crippen LogP contribution in [0.1, 0.15) is 34.3 Å². The number of rotatable bonds is 5. The minimum atomic E-state index is -1.74. The van der Waals surface area contributed by atoms with Crippen molar-refractivity contribution in [2.75, 3.05) is 36.5 Å². The van der Waals surface area contributed by atoms with Crippen LogP contribution in [0.15, 0.2) is 42.5 Å². The van der Waals surface area contributed by atoms with E-state index in [-0.39, 0.29) is 19.1 Å². The van der Waals surface area contributed by atoms with Crippen LogP contribution in [0.25, 0.3) is 0 Å². The maximum absolute atomic E-state index is 13.3. The molecule has 0 spiro atoms. The monoisotopic (exact) mass is 477 g/mol. The van der Waals surface area contributed by atoms with E-state index in [0.717, 1.165) is 24.0 Å². The number of morpholine rings is 1. The number of hydrogen-bond donors (Lipinski definition) is 4. The second-order valence-corrected chi connectivity index (χ2v) is 8.83. The molecule has 3 aliphatic heterocycles. The minimum Gasteiger partial charge on any atom is -0.380 e. The van der Waals surface area contributed by atoms with Gasteiger partial charge in [0, 0.05) is 37.4 Å². The Morgan fingerprint density at radius 2 is 1.91 bits per heavy atom. The van der Waals surface area contributed by atoms with Crippen molar-refractivity contribution >= 4 is 34.9 Å². The average Bonchev–Trinajstić information content (AvgIpc) is 3.54. The van der Waals surface area contributed by atoms with Crippen LogP contribution in [0.3, 0.4) is 0 Å². The lowest BCUT2D eigenvalue weighted by Gasteiger charge is -2.35. The van der Waals surface area contributed by atoms with Crippen molar-refractivity contribution in [3.8, 4) is 0 Å². The molecule has 3 aliphatic rings. The molecule has 2 atom stereocenters. The Morgan fingerprint density at radius 1 is 1.14 bits per heavy atom. The molecule has 10 heteroatoms. The number of fused-ring (bicyclic) bond motifs is 1. The number of amides is 3. The zero-order chi connectivity index (χ0) is 24.5. The first kappa shape index (κ1) is 23.0. The lowest BCUT2D eigenvalue weighted by Crippen LogP contribution is -2.55. The van der Waals surface area contributed by atoms with Crippen molar-refractivity contribution in [1.82, 2.24) is 10.2 Å². The summed E-state index contributed by atoms with van der Waals surface area (Å²) in [5.74, 6) is -1.16. The topological polar surface area (TPSA) is 135 Å². The first-order chi connectivity index (χ1) is 16.9. The number of carbonyl (C=O) groups is 3. The Bertz CT molecular complexity index is 1190. The average molecular weight is 478 g/mol. The maximum Gasteiger partial charge on any atom is 0.259 e. The maximum atomic E-state index is 13.3. The Kier molecular flexibility index (Phi) is 6.23. The Hall–Kier alpha value is -3.76. The van der Waals surface area contributed by atoms with Crippen LogP contribution >= 0.6 is 0 Å². The van der Waals surface area contributed by atoms with E-state index < -0.39 is 24.0 Å². The molecule has 2 fully saturated rings. The van der Waals surface area contributed by atoms with Crippen LogP contribution in [0.2, 0.25) is 0 Å². The highest BCUT2D eigenvalue weighted by Crippen LogP contribution is 2.27. The van der Waals surface area contributed by atoms with Gasteiger partial charge in [0.15, 0.2) is 12.2 Å². The number of aliphatic hydroxyl groups excluding tert-OH is 1. The summed E-state index contributed by atoms with van der Waals surface area (Å²) >= 11 is 0. The molecular formula is C25H27N5O5. The number of carbonyl (C=O) groups excluding carboxylic acids is 3. The van der Waals surface area contributed by atoms with Crippen molar-refractivity contribution in [2.24, 2.45) is 0 Å². The Labute approximate surface area is 202 Å². The highest BCUT2D eigenvalue weighted by Gasteiger charge is 2.40. The molecule has 0 radical (unpaired) electrons. The van der Waals surface area contributed by atoms with Gasteiger partial charge in [0.05, 0.1) is 17.9 Å². The molecule has 2 aromatic carbocycles. The van der Waals surface area contributed by atoms with E-state index in [1.165, 1.54) is 4.90 Å². The number of nitrogens with one attached hydrogen (secondary N) is 3. The number of hydrogen-bond acceptors (Lipinski definition) is 6. The number of likely N-dealkylation sites (tertiary alicyclic amines) is 1. The summed E-state index contributed by atoms with van der Waals surface area (Å²) < 4.78 is 5.52. The van der Waals surface area contributed by atoms with E-state index in [0.29, 0.717) is 42.4 Å². The van der Waals surface area contributed by atoms with Crippen LogP contribution in [0.4, 0.5) is 11.4 Å². The van der Waals surface area contributed by atoms with Gasteiger partial charge >= 0.3 is 0 Å². The zero-order valence-electron chi connectivity index (χ0n) is 19.1. The molecule has 2 aromatic rings. The molecule has 0 unspecified atom stereocenters. The third-order valence-corrected chi connectivity index (χ3v) is 6.59. The lowest BCUT2D eigenvalue weighted by molar-refractivity contribution is -0.150. The van der Waals surface area contributed by atoms with Gasteiger partial charge in [-0.15, -0.1) is 0 Å². The number of para-hydroxylation sites is 1. The lowest BCUT2D eigenvalue weighted by atomic mass is 10.1. The van der Waals surface area contributed by atoms with Gasteiger partial charge < -0.3 is 30.3 Å². The van der Waals surface area contributed by atoms with Crippen molar-refractivity contribution in [3.63, 3.8) is 0 Å². The number of nitrogens with zero attached hydrogens (tertiary/aromatic N) is 2. The molecule has 3 amide bonds. The van der Waals surface area contributed by atoms with Crippen LogP contribution < -0.4 is 15.5 Å². The predicted octanol–water partition coefficient (Wildman–Crippen LogP) is 1.08. The van der Waals surface area contributed by atoms with Crippen LogP contribution in [0.5, 0.6) is 0 Å². The second-order valence-electron chi connectivity index (χ2n) is 8.83. The molecule has 182 valence electrons. The number of aliphatic hydroxyl groups is 1. The number of ether oxygens (including phenoxy) is 1. The van der Waals surface area contributed by atoms with Crippen molar-refractivity contribution in [1.29, 1.82) is 5.41 Å². The molecule has 10 nitrogen and oxygen atoms in total. The molecule has 0 aliphatic carbocycles. The summed E-state index contributed by atoms with van der Waals surface area (Å²) in [4.78, 5) is 42.4. The van der Waals surface area contributed by atoms with Gasteiger partial charge in [-0.05, 0) is 48.7 Å². The number of benzene rings is 2. The first-order valence-corrected chi connectivity index (χ1v) is 11.7. The van der Waals surface area contributed by atoms with Crippen molar-refractivity contribution in [2.45, 2.75) is 31.6 Å². The van der Waals surface area contributed by atoms with E-state index in [1.54, 1.807) is 47.4 Å². The third-order valence-electron chi connectivity index (χ3n) is 6.59. The van der Waals surface area contributed by atoms with Crippen molar-refractivity contribution in [3.05, 3.63) is 59.2 Å². The normalized spacial score (nSPS) is 20.4. The van der Waals surface area contributed by atoms with Gasteiger partial charge in [0.25, 0.3) is 17.7 Å². The zero-order valence-corrected chi connectivity index (χ0v) is 19.1. The molecule has 0 saturated carbocycles. The quantitative estimate of drug-likeness (QED) is 0.509. The highest BCUT2D eigenvalue weighted by atomic mass is 16.5. The van der Waals surface area contributed by atoms with E-state index in [4.69, 9.17) is 10.1 Å². The molecule has 5 rings (SSSR count). The van der Waals surface area contributed by atoms with Crippen LogP contribution in [-0.2, 0) is 20.9 Å². The number of anilines is 2. The number of amidine groups is 1. The van der Waals surface area contributed by atoms with E-state index in [1.807, 2.05) is 0 Å². The predicted molar refractivity (Wildman–Crippen MR) is 128 cm³/mol. The van der Waals surface area contributed by atoms with Crippen LogP contribution in [-0.4, -0.2) is 72.0 Å². The summed E-state index contributed by atoms with van der Waals surface area (Å²) in [6, 6.07) is 12.0. The van der Waals surface area contributed by atoms with Gasteiger partial charge in [-0.1, -0.05) is 12.1 Å². The first-order valence-electron chi connectivity index (χ1n) is 11.7. The molecular weight excluding hydrogens is 450 g/mol. The van der Waals surface area contributed by atoms with Gasteiger partial charge in [-0.25, -0.2) is 0 Å². The molecule has 2 saturated heterocycles. The fourth-order valence-electron chi connectivity index (χ4n) is 4.75. The van der Waals surface area contributed by atoms with E-state index >= 15 is 0 Å². The summed E-state index contributed by atoms with van der Waals surface area (Å²) in [5, 5.41) is 24.1. The van der Waals surface area contributed by atoms with Gasteiger partial charge in [0.2, 0.25) is 0 Å². The van der Waals surface area contributed by atoms with Gasteiger partial charge in [0.1, 0.15) is 5.84 Å². The third kappa shape index (κ3) is 4.38. The largest absolute Gasteiger partial charge is 0.380 e. The molecule has 0 aromatic heterocycles. The molecule has 3 heterocycles. The SMILES string of the molecule is N=C1NCc2cc(NC(=O)[C@H](O)[C@H]3OCCN(c4ccccc4C(=O)N4CCCC4)C3=O)ccc21. The minimum absolute atomic E-state index is 0.111. The van der Waals surface area contributed by atoms with E-state index in [9.17, 15) is 19.5 Å². The smallest absolute Gasteiger partial charge is 0.259 e. The van der Waals surface area contributed by atoms with Gasteiger partial charge in [-0.3, -0.25) is 19.8 Å². The Balaban J connectivity index is 1.32. The van der Waals surface area contributed by atoms with Gasteiger partial charge in [-0.2, -0.15) is 0 Å². The van der Waals surface area contributed by atoms with E-state index in [2.05, 4.69) is 10.6 Å². The summed E-state index contributed by atoms with van der Waals surface area (Å²) in [7, 11) is 0. The standard InChI is InChI=1S/C25H27N5O5/c26-22-17-8-7-16(13-15(17)14-27-22)28-23(32)20(31)21-25(34)30(11-12-35-21)19-6-2-1-5-18(19)24(33)29-9-3-4-10-29/h1-2,5-8,13,20-21,31H,3-4,9-12,14H2,(H2,26,27)(H,28,32)/t20-,21-/m1/s1.